The van der Waals surface area contributed by atoms with Crippen molar-refractivity contribution in [3.05, 3.63) is 136 Å². The van der Waals surface area contributed by atoms with Crippen LogP contribution < -0.4 is 28.8 Å². The number of carbonyl (C=O) groups is 3. The summed E-state index contributed by atoms with van der Waals surface area (Å²) >= 11 is 36.1. The third-order valence-corrected chi connectivity index (χ3v) is 22.1. The van der Waals surface area contributed by atoms with Gasteiger partial charge in [-0.05, 0) is 181 Å². The molecule has 2 N–H and O–H groups in total. The summed E-state index contributed by atoms with van der Waals surface area (Å²) in [5.41, 5.74) is 1.31. The lowest BCUT2D eigenvalue weighted by Gasteiger charge is -2.36. The molecule has 549 valence electrons. The fourth-order valence-electron chi connectivity index (χ4n) is 10.5. The Morgan fingerprint density at radius 1 is 0.539 bits per heavy atom. The molecule has 0 aliphatic carbocycles. The van der Waals surface area contributed by atoms with Crippen LogP contribution in [-0.4, -0.2) is 168 Å². The van der Waals surface area contributed by atoms with E-state index < -0.39 is 28.7 Å². The van der Waals surface area contributed by atoms with E-state index in [1.165, 1.54) is 52.8 Å². The number of aromatic nitrogens is 3. The van der Waals surface area contributed by atoms with Crippen LogP contribution in [0.5, 0.6) is 23.0 Å². The predicted molar refractivity (Wildman–Crippen MR) is 424 cm³/mol. The summed E-state index contributed by atoms with van der Waals surface area (Å²) in [6, 6.07) is 20.4. The molecule has 0 bridgehead atoms. The highest BCUT2D eigenvalue weighted by Crippen LogP contribution is 2.47. The normalized spacial score (nSPS) is 13.8. The van der Waals surface area contributed by atoms with Gasteiger partial charge in [-0.2, -0.15) is 13.1 Å². The Morgan fingerprint density at radius 3 is 1.29 bits per heavy atom. The van der Waals surface area contributed by atoms with Gasteiger partial charge < -0.3 is 63.1 Å². The minimum absolute atomic E-state index is 0. The van der Waals surface area contributed by atoms with Crippen molar-refractivity contribution in [3.8, 4) is 45.3 Å². The molecular weight excluding hydrogens is 1700 g/mol. The third kappa shape index (κ3) is 20.1. The molecule has 3 aromatic heterocycles. The Balaban J connectivity index is 0.000000221. The molecule has 12 rings (SSSR count). The van der Waals surface area contributed by atoms with Gasteiger partial charge in [0.05, 0.1) is 38.2 Å². The van der Waals surface area contributed by atoms with E-state index in [2.05, 4.69) is 98.1 Å². The molecule has 0 spiro atoms. The topological polar surface area (TPSA) is 196 Å². The Labute approximate surface area is 653 Å². The van der Waals surface area contributed by atoms with Gasteiger partial charge in [-0.3, -0.25) is 4.79 Å². The number of aromatic hydroxyl groups is 1. The maximum Gasteiger partial charge on any atom is 0.569 e. The Morgan fingerprint density at radius 2 is 0.902 bits per heavy atom. The number of methoxy groups -OCH3 is 2. The van der Waals surface area contributed by atoms with Gasteiger partial charge in [-0.25, -0.2) is 22.8 Å². The van der Waals surface area contributed by atoms with E-state index in [-0.39, 0.29) is 77.8 Å². The maximum atomic E-state index is 15.6. The number of piperazine rings is 3. The minimum atomic E-state index is -0.536. The number of benzene rings is 6. The summed E-state index contributed by atoms with van der Waals surface area (Å²) in [6.45, 7) is 21.5. The first-order valence-corrected chi connectivity index (χ1v) is 37.0. The molecular formula is C69H77BBr4Cl3F3N9O10S3. The van der Waals surface area contributed by atoms with E-state index in [1.54, 1.807) is 89.6 Å². The number of halogens is 10. The minimum Gasteiger partial charge on any atom is -0.537 e. The van der Waals surface area contributed by atoms with Gasteiger partial charge >= 0.3 is 19.9 Å². The van der Waals surface area contributed by atoms with Gasteiger partial charge in [-0.1, -0.05) is 95.5 Å². The monoisotopic (exact) mass is 1780 g/mol. The quantitative estimate of drug-likeness (QED) is 0.0744. The summed E-state index contributed by atoms with van der Waals surface area (Å²) < 4.78 is 86.5. The van der Waals surface area contributed by atoms with Crippen LogP contribution in [0.4, 0.5) is 37.8 Å². The summed E-state index contributed by atoms with van der Waals surface area (Å²) in [6.07, 6.45) is 0.687. The molecule has 1 radical (unpaired) electrons. The van der Waals surface area contributed by atoms with Crippen LogP contribution in [-0.2, 0) is 14.3 Å². The third-order valence-electron chi connectivity index (χ3n) is 15.4. The molecule has 19 nitrogen and oxygen atoms in total. The second-order valence-corrected chi connectivity index (χ2v) is 31.0. The zero-order valence-corrected chi connectivity index (χ0v) is 65.5. The summed E-state index contributed by atoms with van der Waals surface area (Å²) in [5, 5.41) is 23.6. The van der Waals surface area contributed by atoms with E-state index in [0.29, 0.717) is 155 Å². The number of rotatable bonds is 10. The van der Waals surface area contributed by atoms with Gasteiger partial charge in [0.25, 0.3) is 0 Å². The fraction of sp³-hybridized carbons (Fsp3) is 0.362. The van der Waals surface area contributed by atoms with Crippen molar-refractivity contribution in [2.24, 2.45) is 0 Å². The molecule has 3 aliphatic heterocycles. The highest BCUT2D eigenvalue weighted by molar-refractivity contribution is 9.11. The number of carbonyl (C=O) groups excluding carboxylic acids is 3. The van der Waals surface area contributed by atoms with E-state index in [0.717, 1.165) is 19.5 Å². The molecule has 0 atom stereocenters. The molecule has 102 heavy (non-hydrogen) atoms. The number of ether oxygens (including phenoxy) is 4. The maximum absolute atomic E-state index is 15.6. The number of hydrogen-bond donors (Lipinski definition) is 2. The van der Waals surface area contributed by atoms with Crippen molar-refractivity contribution in [2.45, 2.75) is 75.0 Å². The molecule has 3 aliphatic rings. The zero-order chi connectivity index (χ0) is 71.9. The van der Waals surface area contributed by atoms with Crippen LogP contribution in [0.1, 0.15) is 63.8 Å². The summed E-state index contributed by atoms with van der Waals surface area (Å²) in [5.74, 6) is 0.275. The lowest BCUT2D eigenvalue weighted by Crippen LogP contribution is -2.50. The van der Waals surface area contributed by atoms with E-state index >= 15 is 8.78 Å². The molecule has 9 aromatic rings. The number of phenolic OH excluding ortho intramolecular Hbond substituents is 1. The zero-order valence-electron chi connectivity index (χ0n) is 54.5. The first kappa shape index (κ1) is 84.9. The smallest absolute Gasteiger partial charge is 0.537 e. The van der Waals surface area contributed by atoms with E-state index in [9.17, 15) is 23.9 Å². The van der Waals surface area contributed by atoms with E-state index in [4.69, 9.17) is 63.4 Å². The van der Waals surface area contributed by atoms with Crippen LogP contribution >= 0.6 is 133 Å². The summed E-state index contributed by atoms with van der Waals surface area (Å²) in [7, 11) is 3.75. The van der Waals surface area contributed by atoms with Gasteiger partial charge in [0.2, 0.25) is 5.91 Å². The fourth-order valence-corrected chi connectivity index (χ4v) is 15.6. The highest BCUT2D eigenvalue weighted by Gasteiger charge is 2.32. The van der Waals surface area contributed by atoms with Crippen LogP contribution in [0.3, 0.4) is 0 Å². The number of anilines is 3. The highest BCUT2D eigenvalue weighted by atomic mass is 79.9. The molecule has 33 heteroatoms. The molecule has 3 saturated heterocycles. The number of amides is 3. The molecule has 6 heterocycles. The van der Waals surface area contributed by atoms with Crippen molar-refractivity contribution < 1.29 is 61.3 Å². The van der Waals surface area contributed by atoms with Gasteiger partial charge in [0.1, 0.15) is 65.8 Å². The standard InChI is InChI=1S/C23H24BrClFN3O3S.C20H16BrClFN3O2S.C16H18BrClFN3O2S.C7H7BBrO3.3CH4/c1-23(2,3)32-22(30)29-9-7-28(8-10-29)21-15-12-17(25)18(19(26)20(15)27-33-21)14-11-13(31-4)5-6-16(14)24;1-2-16(28)25-5-7-26(8-6-25)20-13-10-15(22)17(18(23)19(13)24-29-20)12-9-11(27)3-4-14(12)21;1-16(2,3)24-15(23)22-6-4-21(5-7-22)14-9-8-10(18)11(17)12(19)13(9)20-25-14;1-11-5-2-3-6(9)7(4-5)12-8-10;;;/h5-6,11-12H,7-10H2,1-4H3;2-4,9-10,27H,1,5-8H2;8H,4-7H2,1-3H3;2-4,10H,1H3;3*1H4. The van der Waals surface area contributed by atoms with Crippen molar-refractivity contribution in [2.75, 3.05) is 107 Å². The lowest BCUT2D eigenvalue weighted by atomic mass is 10.0. The lowest BCUT2D eigenvalue weighted by molar-refractivity contribution is -0.126. The molecule has 6 aromatic carbocycles. The molecule has 3 fully saturated rings. The van der Waals surface area contributed by atoms with Crippen molar-refractivity contribution in [1.82, 2.24) is 27.8 Å². The molecule has 0 unspecified atom stereocenters. The van der Waals surface area contributed by atoms with Crippen LogP contribution in [0.25, 0.3) is 55.0 Å². The van der Waals surface area contributed by atoms with Crippen LogP contribution in [0.15, 0.2) is 103 Å². The number of nitrogens with zero attached hydrogens (tertiary/aromatic N) is 9. The van der Waals surface area contributed by atoms with Crippen molar-refractivity contribution in [1.29, 1.82) is 0 Å². The predicted octanol–water partition coefficient (Wildman–Crippen LogP) is 19.8. The second kappa shape index (κ2) is 36.8. The Hall–Kier alpha value is -6.06. The van der Waals surface area contributed by atoms with Crippen LogP contribution in [0.2, 0.25) is 15.1 Å². The number of fused-ring (bicyclic) bond motifs is 3. The van der Waals surface area contributed by atoms with E-state index in [1.807, 2.05) is 41.5 Å². The summed E-state index contributed by atoms with van der Waals surface area (Å²) in [4.78, 5) is 47.7. The average molecular weight is 1780 g/mol. The Bertz CT molecular complexity index is 4480. The first-order valence-electron chi connectivity index (χ1n) is 30.3. The molecule has 3 amide bonds. The number of hydrogen-bond acceptors (Lipinski definition) is 19. The van der Waals surface area contributed by atoms with Crippen molar-refractivity contribution in [3.63, 3.8) is 0 Å². The largest absolute Gasteiger partial charge is 0.569 e. The van der Waals surface area contributed by atoms with Gasteiger partial charge in [-0.15, -0.1) is 0 Å². The Kier molecular flexibility index (Phi) is 30.6. The second-order valence-electron chi connectivity index (χ2n) is 24.2. The first-order chi connectivity index (χ1) is 46.9. The average Bonchev–Trinajstić information content (AvgIpc) is 1.54. The number of phenols is 1. The van der Waals surface area contributed by atoms with Gasteiger partial charge in [0.15, 0.2) is 17.5 Å². The SMILES string of the molecule is C.C.C.C=CC(=O)N1CCN(c2snc3c(F)c(-c4cc(O)ccc4Br)c(Cl)cc23)CC1.CC(C)(C)OC(=O)N1CCN(c2snc3c(F)c(Br)c(Cl)cc23)CC1.COc1ccc(Br)c(-c2c(Cl)cc3c(N4CCN(C(=O)OC(C)(C)C)CC4)snc3c2F)c1.COc1ccc(Br)c(O[B]O)c1. The van der Waals surface area contributed by atoms with Gasteiger partial charge in [0, 0.05) is 132 Å². The molecule has 0 saturated carbocycles. The van der Waals surface area contributed by atoms with Crippen LogP contribution in [0, 0.1) is 17.5 Å². The van der Waals surface area contributed by atoms with Crippen molar-refractivity contribution >= 4 is 207 Å².